The molecule has 1 aromatic heterocycles. The summed E-state index contributed by atoms with van der Waals surface area (Å²) in [5.41, 5.74) is 4.87. The van der Waals surface area contributed by atoms with Gasteiger partial charge in [0.2, 0.25) is 0 Å². The van der Waals surface area contributed by atoms with Crippen molar-refractivity contribution < 1.29 is 9.53 Å². The minimum atomic E-state index is 0.0530. The van der Waals surface area contributed by atoms with E-state index in [9.17, 15) is 4.79 Å². The van der Waals surface area contributed by atoms with E-state index in [1.165, 1.54) is 11.3 Å². The van der Waals surface area contributed by atoms with Gasteiger partial charge in [-0.2, -0.15) is 0 Å². The molecule has 0 saturated heterocycles. The number of aryl methyl sites for hydroxylation is 1. The molecule has 0 bridgehead atoms. The van der Waals surface area contributed by atoms with Crippen LogP contribution in [0.15, 0.2) is 61.1 Å². The standard InChI is InChI=1S/C23H23N3O2/c1-17(27)21-10-9-20(28-16-19-15-24-11-12-25-19)14-23(21)26-13-5-4-7-18-6-2-3-8-22(18)26/h2-3,6,8-12,14-15H,4-5,7,13,16H2,1H3. The Labute approximate surface area is 165 Å². The molecule has 4 rings (SSSR count). The zero-order valence-corrected chi connectivity index (χ0v) is 16.0. The number of carbonyl (C=O) groups excluding carboxylic acids is 1. The quantitative estimate of drug-likeness (QED) is 0.605. The minimum absolute atomic E-state index is 0.0530. The second-order valence-corrected chi connectivity index (χ2v) is 6.96. The molecule has 1 aliphatic heterocycles. The molecule has 1 aliphatic rings. The molecule has 0 radical (unpaired) electrons. The number of benzene rings is 2. The zero-order chi connectivity index (χ0) is 19.3. The van der Waals surface area contributed by atoms with Crippen molar-refractivity contribution in [1.82, 2.24) is 9.97 Å². The molecule has 0 amide bonds. The highest BCUT2D eigenvalue weighted by molar-refractivity contribution is 6.01. The van der Waals surface area contributed by atoms with Crippen molar-refractivity contribution in [3.63, 3.8) is 0 Å². The molecule has 5 heteroatoms. The lowest BCUT2D eigenvalue weighted by atomic mass is 10.1. The lowest BCUT2D eigenvalue weighted by Gasteiger charge is -2.27. The van der Waals surface area contributed by atoms with Gasteiger partial charge in [0.15, 0.2) is 5.78 Å². The van der Waals surface area contributed by atoms with E-state index in [2.05, 4.69) is 39.1 Å². The number of ketones is 1. The summed E-state index contributed by atoms with van der Waals surface area (Å²) in [7, 11) is 0. The molecule has 0 aliphatic carbocycles. The Balaban J connectivity index is 1.69. The molecule has 0 unspecified atom stereocenters. The summed E-state index contributed by atoms with van der Waals surface area (Å²) < 4.78 is 5.94. The van der Waals surface area contributed by atoms with Gasteiger partial charge in [0.25, 0.3) is 0 Å². The van der Waals surface area contributed by atoms with Crippen LogP contribution in [-0.4, -0.2) is 22.3 Å². The normalized spacial score (nSPS) is 13.5. The lowest BCUT2D eigenvalue weighted by Crippen LogP contribution is -2.20. The molecule has 3 aromatic rings. The van der Waals surface area contributed by atoms with Crippen LogP contribution in [0.3, 0.4) is 0 Å². The monoisotopic (exact) mass is 373 g/mol. The van der Waals surface area contributed by atoms with Gasteiger partial charge in [-0.15, -0.1) is 0 Å². The first-order valence-corrected chi connectivity index (χ1v) is 9.60. The van der Waals surface area contributed by atoms with Gasteiger partial charge in [-0.3, -0.25) is 14.8 Å². The first-order chi connectivity index (χ1) is 13.7. The average Bonchev–Trinajstić information content (AvgIpc) is 2.95. The topological polar surface area (TPSA) is 55.3 Å². The van der Waals surface area contributed by atoms with Crippen molar-refractivity contribution in [2.24, 2.45) is 0 Å². The predicted molar refractivity (Wildman–Crippen MR) is 109 cm³/mol. The van der Waals surface area contributed by atoms with Crippen LogP contribution in [0.25, 0.3) is 0 Å². The number of carbonyl (C=O) groups is 1. The van der Waals surface area contributed by atoms with Crippen LogP contribution in [-0.2, 0) is 13.0 Å². The van der Waals surface area contributed by atoms with Gasteiger partial charge in [-0.25, -0.2) is 0 Å². The molecule has 142 valence electrons. The number of anilines is 2. The molecular formula is C23H23N3O2. The van der Waals surface area contributed by atoms with Crippen LogP contribution in [0.5, 0.6) is 5.75 Å². The number of rotatable bonds is 5. The Morgan fingerprint density at radius 2 is 2.00 bits per heavy atom. The summed E-state index contributed by atoms with van der Waals surface area (Å²) in [4.78, 5) is 22.9. The van der Waals surface area contributed by atoms with Crippen molar-refractivity contribution in [1.29, 1.82) is 0 Å². The molecule has 2 aromatic carbocycles. The predicted octanol–water partition coefficient (Wildman–Crippen LogP) is 4.73. The molecule has 0 N–H and O–H groups in total. The van der Waals surface area contributed by atoms with Gasteiger partial charge in [-0.05, 0) is 49.9 Å². The number of aromatic nitrogens is 2. The van der Waals surface area contributed by atoms with Crippen LogP contribution in [0, 0.1) is 0 Å². The lowest BCUT2D eigenvalue weighted by molar-refractivity contribution is 0.101. The van der Waals surface area contributed by atoms with Gasteiger partial charge < -0.3 is 9.64 Å². The molecule has 0 atom stereocenters. The molecule has 5 nitrogen and oxygen atoms in total. The number of nitrogens with zero attached hydrogens (tertiary/aromatic N) is 3. The van der Waals surface area contributed by atoms with Crippen LogP contribution >= 0.6 is 0 Å². The number of Topliss-reactive ketones (excluding diaryl/α,β-unsaturated/α-hetero) is 1. The first kappa shape index (κ1) is 18.2. The summed E-state index contributed by atoms with van der Waals surface area (Å²) in [5, 5.41) is 0. The fourth-order valence-corrected chi connectivity index (χ4v) is 3.63. The smallest absolute Gasteiger partial charge is 0.161 e. The number of hydrogen-bond acceptors (Lipinski definition) is 5. The summed E-state index contributed by atoms with van der Waals surface area (Å²) in [5.74, 6) is 0.768. The van der Waals surface area contributed by atoms with Crippen molar-refractivity contribution >= 4 is 17.2 Å². The van der Waals surface area contributed by atoms with E-state index >= 15 is 0 Å². The maximum absolute atomic E-state index is 12.3. The minimum Gasteiger partial charge on any atom is -0.487 e. The Morgan fingerprint density at radius 1 is 1.11 bits per heavy atom. The molecule has 0 fully saturated rings. The van der Waals surface area contributed by atoms with Crippen molar-refractivity contribution in [2.45, 2.75) is 32.8 Å². The van der Waals surface area contributed by atoms with E-state index in [-0.39, 0.29) is 5.78 Å². The highest BCUT2D eigenvalue weighted by Crippen LogP contribution is 2.36. The highest BCUT2D eigenvalue weighted by Gasteiger charge is 2.21. The van der Waals surface area contributed by atoms with Crippen LogP contribution in [0.1, 0.15) is 41.4 Å². The molecule has 0 saturated carbocycles. The van der Waals surface area contributed by atoms with Crippen LogP contribution < -0.4 is 9.64 Å². The largest absolute Gasteiger partial charge is 0.487 e. The molecule has 0 spiro atoms. The van der Waals surface area contributed by atoms with Gasteiger partial charge in [0.05, 0.1) is 17.6 Å². The van der Waals surface area contributed by atoms with E-state index in [0.717, 1.165) is 37.2 Å². The van der Waals surface area contributed by atoms with Crippen molar-refractivity contribution in [3.8, 4) is 5.75 Å². The van der Waals surface area contributed by atoms with Crippen LogP contribution in [0.2, 0.25) is 0 Å². The van der Waals surface area contributed by atoms with Gasteiger partial charge >= 0.3 is 0 Å². The second kappa shape index (κ2) is 8.21. The molecule has 28 heavy (non-hydrogen) atoms. The first-order valence-electron chi connectivity index (χ1n) is 9.60. The highest BCUT2D eigenvalue weighted by atomic mass is 16.5. The number of hydrogen-bond donors (Lipinski definition) is 0. The van der Waals surface area contributed by atoms with E-state index < -0.39 is 0 Å². The summed E-state index contributed by atoms with van der Waals surface area (Å²) >= 11 is 0. The third kappa shape index (κ3) is 3.88. The third-order valence-electron chi connectivity index (χ3n) is 5.00. The maximum Gasteiger partial charge on any atom is 0.161 e. The number of para-hydroxylation sites is 1. The van der Waals surface area contributed by atoms with Crippen molar-refractivity contribution in [3.05, 3.63) is 77.9 Å². The number of fused-ring (bicyclic) bond motifs is 1. The Hall–Kier alpha value is -3.21. The Morgan fingerprint density at radius 3 is 2.82 bits per heavy atom. The van der Waals surface area contributed by atoms with Gasteiger partial charge in [-0.1, -0.05) is 18.2 Å². The molecule has 2 heterocycles. The van der Waals surface area contributed by atoms with E-state index in [4.69, 9.17) is 4.74 Å². The maximum atomic E-state index is 12.3. The average molecular weight is 373 g/mol. The summed E-state index contributed by atoms with van der Waals surface area (Å²) in [6.07, 6.45) is 8.26. The fraction of sp³-hybridized carbons (Fsp3) is 0.261. The van der Waals surface area contributed by atoms with Crippen LogP contribution in [0.4, 0.5) is 11.4 Å². The van der Waals surface area contributed by atoms with Gasteiger partial charge in [0, 0.05) is 36.3 Å². The van der Waals surface area contributed by atoms with Gasteiger partial charge in [0.1, 0.15) is 12.4 Å². The van der Waals surface area contributed by atoms with E-state index in [1.807, 2.05) is 18.2 Å². The van der Waals surface area contributed by atoms with E-state index in [0.29, 0.717) is 17.9 Å². The SMILES string of the molecule is CC(=O)c1ccc(OCc2cnccn2)cc1N1CCCCc2ccccc21. The second-order valence-electron chi connectivity index (χ2n) is 6.96. The summed E-state index contributed by atoms with van der Waals surface area (Å²) in [6, 6.07) is 14.1. The number of ether oxygens (including phenoxy) is 1. The Bertz CT molecular complexity index is 973. The van der Waals surface area contributed by atoms with E-state index in [1.54, 1.807) is 25.5 Å². The summed E-state index contributed by atoms with van der Waals surface area (Å²) in [6.45, 7) is 2.83. The van der Waals surface area contributed by atoms with Crippen molar-refractivity contribution in [2.75, 3.05) is 11.4 Å². The zero-order valence-electron chi connectivity index (χ0n) is 16.0. The third-order valence-corrected chi connectivity index (χ3v) is 5.00. The Kier molecular flexibility index (Phi) is 5.33. The molecular weight excluding hydrogens is 350 g/mol. The fourth-order valence-electron chi connectivity index (χ4n) is 3.63.